The fourth-order valence-electron chi connectivity index (χ4n) is 7.43. The van der Waals surface area contributed by atoms with Gasteiger partial charge in [-0.1, -0.05) is 237 Å². The molecule has 0 bridgehead atoms. The van der Waals surface area contributed by atoms with E-state index in [1.807, 2.05) is 212 Å². The topological polar surface area (TPSA) is 123 Å². The fourth-order valence-corrected chi connectivity index (χ4v) is 7.43. The SMILES string of the molecule is N#Cc1ccc(/C=C/c2ccc(/C=C/c3cccc(C#N)c3)cc2)cc1.N#Cc1ccc(/C=C/c2ccc(/C=C/c3ccccc3C#N)cc2)cc1.[C-]#[N+]c1ccc(/C=C/c2ccc(/C=C/c3ccc(C#N)cc3)cc2)cc1. The Balaban J connectivity index is 0.000000170. The van der Waals surface area contributed by atoms with Gasteiger partial charge in [-0.25, -0.2) is 4.85 Å². The van der Waals surface area contributed by atoms with Crippen LogP contribution in [0.1, 0.15) is 94.6 Å². The van der Waals surface area contributed by atoms with E-state index in [2.05, 4.69) is 108 Å². The summed E-state index contributed by atoms with van der Waals surface area (Å²) in [6.07, 6.45) is 24.3. The van der Waals surface area contributed by atoms with Crippen molar-refractivity contribution in [3.05, 3.63) is 324 Å². The highest BCUT2D eigenvalue weighted by molar-refractivity contribution is 5.77. The number of hydrogen-bond acceptors (Lipinski definition) is 5. The molecule has 0 aliphatic rings. The van der Waals surface area contributed by atoms with Gasteiger partial charge in [-0.05, 0) is 121 Å². The van der Waals surface area contributed by atoms with Crippen LogP contribution in [0.4, 0.5) is 5.69 Å². The van der Waals surface area contributed by atoms with Gasteiger partial charge < -0.3 is 0 Å². The Kier molecular flexibility index (Phi) is 20.2. The van der Waals surface area contributed by atoms with E-state index in [1.165, 1.54) is 0 Å². The molecule has 9 aromatic rings. The predicted molar refractivity (Wildman–Crippen MR) is 321 cm³/mol. The molecule has 0 unspecified atom stereocenters. The lowest BCUT2D eigenvalue weighted by Crippen LogP contribution is -1.80. The Morgan fingerprint density at radius 2 is 0.538 bits per heavy atom. The van der Waals surface area contributed by atoms with Crippen LogP contribution >= 0.6 is 0 Å². The molecule has 0 aliphatic carbocycles. The molecular weight excluding hydrogens is 949 g/mol. The molecule has 0 radical (unpaired) electrons. The van der Waals surface area contributed by atoms with Gasteiger partial charge in [0, 0.05) is 0 Å². The van der Waals surface area contributed by atoms with Crippen LogP contribution in [0.2, 0.25) is 0 Å². The van der Waals surface area contributed by atoms with Crippen molar-refractivity contribution in [1.82, 2.24) is 0 Å². The van der Waals surface area contributed by atoms with Crippen molar-refractivity contribution >= 4 is 78.6 Å². The molecule has 0 heterocycles. The van der Waals surface area contributed by atoms with Gasteiger partial charge in [0.1, 0.15) is 0 Å². The first-order chi connectivity index (χ1) is 38.3. The van der Waals surface area contributed by atoms with E-state index in [0.717, 1.165) is 66.8 Å². The van der Waals surface area contributed by atoms with Crippen molar-refractivity contribution in [2.45, 2.75) is 0 Å². The van der Waals surface area contributed by atoms with Crippen LogP contribution in [-0.4, -0.2) is 0 Å². The highest BCUT2D eigenvalue weighted by Crippen LogP contribution is 2.19. The average molecular weight is 997 g/mol. The van der Waals surface area contributed by atoms with Gasteiger partial charge >= 0.3 is 0 Å². The number of rotatable bonds is 12. The monoisotopic (exact) mass is 996 g/mol. The molecule has 78 heavy (non-hydrogen) atoms. The molecule has 0 N–H and O–H groups in total. The van der Waals surface area contributed by atoms with Gasteiger partial charge in [0.25, 0.3) is 0 Å². The molecule has 9 aromatic carbocycles. The summed E-state index contributed by atoms with van der Waals surface area (Å²) in [6.45, 7) is 6.97. The minimum absolute atomic E-state index is 0.653. The van der Waals surface area contributed by atoms with Crippen LogP contribution in [-0.2, 0) is 0 Å². The Morgan fingerprint density at radius 3 is 0.846 bits per heavy atom. The lowest BCUT2D eigenvalue weighted by atomic mass is 10.1. The van der Waals surface area contributed by atoms with Gasteiger partial charge in [-0.3, -0.25) is 0 Å². The molecule has 0 saturated carbocycles. The summed E-state index contributed by atoms with van der Waals surface area (Å²) in [6, 6.07) is 80.5. The minimum atomic E-state index is 0.653. The first kappa shape index (κ1) is 54.1. The van der Waals surface area contributed by atoms with Crippen molar-refractivity contribution in [1.29, 1.82) is 26.3 Å². The largest absolute Gasteiger partial charge is 0.238 e. The van der Waals surface area contributed by atoms with Gasteiger partial charge in [0.15, 0.2) is 5.69 Å². The van der Waals surface area contributed by atoms with Gasteiger partial charge in [0.05, 0.1) is 64.7 Å². The van der Waals surface area contributed by atoms with Crippen molar-refractivity contribution in [3.8, 4) is 30.3 Å². The number of nitriles is 5. The van der Waals surface area contributed by atoms with Crippen LogP contribution < -0.4 is 0 Å². The first-order valence-corrected chi connectivity index (χ1v) is 24.7. The molecule has 0 fully saturated rings. The molecule has 6 nitrogen and oxygen atoms in total. The van der Waals surface area contributed by atoms with Crippen molar-refractivity contribution in [3.63, 3.8) is 0 Å². The second-order valence-electron chi connectivity index (χ2n) is 17.3. The Labute approximate surface area is 457 Å². The Bertz CT molecular complexity index is 3800. The minimum Gasteiger partial charge on any atom is -0.238 e. The fraction of sp³-hybridized carbons (Fsp3) is 0. The molecule has 0 saturated heterocycles. The Morgan fingerprint density at radius 1 is 0.256 bits per heavy atom. The third-order valence-corrected chi connectivity index (χ3v) is 11.8. The molecule has 9 rings (SSSR count). The maximum absolute atomic E-state index is 9.13. The van der Waals surface area contributed by atoms with Crippen LogP contribution in [0.3, 0.4) is 0 Å². The molecule has 0 atom stereocenters. The molecule has 0 amide bonds. The number of nitrogens with zero attached hydrogens (tertiary/aromatic N) is 6. The van der Waals surface area contributed by atoms with Gasteiger partial charge in [-0.2, -0.15) is 26.3 Å². The molecule has 366 valence electrons. The molecule has 0 aliphatic heterocycles. The average Bonchev–Trinajstić information content (AvgIpc) is 3.52. The zero-order valence-electron chi connectivity index (χ0n) is 42.4. The van der Waals surface area contributed by atoms with Crippen molar-refractivity contribution in [2.75, 3.05) is 0 Å². The van der Waals surface area contributed by atoms with E-state index < -0.39 is 0 Å². The number of hydrogen-bond donors (Lipinski definition) is 0. The van der Waals surface area contributed by atoms with E-state index >= 15 is 0 Å². The van der Waals surface area contributed by atoms with E-state index in [-0.39, 0.29) is 0 Å². The summed E-state index contributed by atoms with van der Waals surface area (Å²) >= 11 is 0. The summed E-state index contributed by atoms with van der Waals surface area (Å²) in [4.78, 5) is 3.39. The van der Waals surface area contributed by atoms with Crippen molar-refractivity contribution < 1.29 is 0 Å². The second-order valence-corrected chi connectivity index (χ2v) is 17.3. The Hall–Kier alpha value is -11.6. The highest BCUT2D eigenvalue weighted by Gasteiger charge is 1.99. The lowest BCUT2D eigenvalue weighted by Gasteiger charge is -1.99. The summed E-state index contributed by atoms with van der Waals surface area (Å²) < 4.78 is 0. The lowest BCUT2D eigenvalue weighted by molar-refractivity contribution is 1.47. The molecule has 0 aromatic heterocycles. The summed E-state index contributed by atoms with van der Waals surface area (Å²) in [5.74, 6) is 0. The smallest absolute Gasteiger partial charge is 0.187 e. The zero-order valence-corrected chi connectivity index (χ0v) is 42.4. The molecule has 6 heteroatoms. The third kappa shape index (κ3) is 17.5. The first-order valence-electron chi connectivity index (χ1n) is 24.7. The predicted octanol–water partition coefficient (Wildman–Crippen LogP) is 18.0. The van der Waals surface area contributed by atoms with Crippen LogP contribution in [0, 0.1) is 63.2 Å². The van der Waals surface area contributed by atoms with E-state index in [9.17, 15) is 0 Å². The highest BCUT2D eigenvalue weighted by atomic mass is 14.6. The summed E-state index contributed by atoms with van der Waals surface area (Å²) in [7, 11) is 0. The normalized spacial score (nSPS) is 10.7. The van der Waals surface area contributed by atoms with Gasteiger partial charge in [-0.15, -0.1) is 0 Å². The summed E-state index contributed by atoms with van der Waals surface area (Å²) in [5, 5.41) is 44.5. The van der Waals surface area contributed by atoms with Gasteiger partial charge in [0.2, 0.25) is 0 Å². The number of benzene rings is 9. The second kappa shape index (κ2) is 29.2. The third-order valence-electron chi connectivity index (χ3n) is 11.8. The van der Waals surface area contributed by atoms with Crippen LogP contribution in [0.15, 0.2) is 218 Å². The maximum Gasteiger partial charge on any atom is 0.187 e. The van der Waals surface area contributed by atoms with E-state index in [0.29, 0.717) is 33.5 Å². The molecular formula is C72H48N6. The van der Waals surface area contributed by atoms with Crippen LogP contribution in [0.25, 0.3) is 77.8 Å². The maximum atomic E-state index is 9.13. The quantitative estimate of drug-likeness (QED) is 0.0891. The molecule has 0 spiro atoms. The van der Waals surface area contributed by atoms with E-state index in [4.69, 9.17) is 32.9 Å². The zero-order chi connectivity index (χ0) is 54.6. The van der Waals surface area contributed by atoms with E-state index in [1.54, 1.807) is 6.07 Å². The van der Waals surface area contributed by atoms with Crippen LogP contribution in [0.5, 0.6) is 0 Å². The standard InChI is InChI=1S/3C24H16N2/c1-26-24-16-14-22(15-17-24)9-8-20-4-2-19(3-5-20)6-7-21-10-12-23(18-25)13-11-21;25-17-23-14-11-21(12-15-23)9-6-19-4-7-20(8-5-19)10-13-22-2-1-3-24(16-22)18-26;25-17-22-13-11-20(12-14-22)6-5-19-7-9-21(10-8-19)15-16-23-3-1-2-4-24(23)18-26/h2-17H;2*1-16H/b7-6+,9-8+;9-6+,13-10+;6-5+,16-15+. The summed E-state index contributed by atoms with van der Waals surface area (Å²) in [5.41, 5.74) is 16.8. The van der Waals surface area contributed by atoms with Crippen molar-refractivity contribution in [2.24, 2.45) is 0 Å².